The SMILES string of the molecule is CC(C)CC(=C=O)c1cccc(Br)c1. The van der Waals surface area contributed by atoms with E-state index in [0.29, 0.717) is 5.92 Å². The second kappa shape index (κ2) is 5.14. The van der Waals surface area contributed by atoms with Gasteiger partial charge in [0.15, 0.2) is 0 Å². The highest BCUT2D eigenvalue weighted by Crippen LogP contribution is 2.22. The average molecular weight is 253 g/mol. The van der Waals surface area contributed by atoms with E-state index in [2.05, 4.69) is 29.8 Å². The van der Waals surface area contributed by atoms with E-state index >= 15 is 0 Å². The Morgan fingerprint density at radius 3 is 2.71 bits per heavy atom. The molecule has 0 aliphatic carbocycles. The van der Waals surface area contributed by atoms with Crippen LogP contribution in [0.4, 0.5) is 0 Å². The Labute approximate surface area is 93.0 Å². The minimum atomic E-state index is 0.477. The van der Waals surface area contributed by atoms with Crippen LogP contribution >= 0.6 is 15.9 Å². The first-order chi connectivity index (χ1) is 6.63. The molecule has 0 atom stereocenters. The van der Waals surface area contributed by atoms with E-state index in [1.54, 1.807) is 0 Å². The van der Waals surface area contributed by atoms with Crippen LogP contribution in [-0.2, 0) is 4.79 Å². The van der Waals surface area contributed by atoms with Gasteiger partial charge >= 0.3 is 0 Å². The third-order valence-electron chi connectivity index (χ3n) is 1.91. The number of allylic oxidation sites excluding steroid dienone is 1. The van der Waals surface area contributed by atoms with Crippen LogP contribution in [0.5, 0.6) is 0 Å². The second-order valence-corrected chi connectivity index (χ2v) is 4.60. The number of benzene rings is 1. The summed E-state index contributed by atoms with van der Waals surface area (Å²) in [5.41, 5.74) is 1.71. The van der Waals surface area contributed by atoms with Crippen LogP contribution < -0.4 is 0 Å². The summed E-state index contributed by atoms with van der Waals surface area (Å²) < 4.78 is 0.992. The van der Waals surface area contributed by atoms with E-state index in [4.69, 9.17) is 0 Å². The van der Waals surface area contributed by atoms with Crippen LogP contribution in [0, 0.1) is 5.92 Å². The first-order valence-electron chi connectivity index (χ1n) is 4.63. The highest BCUT2D eigenvalue weighted by atomic mass is 79.9. The summed E-state index contributed by atoms with van der Waals surface area (Å²) in [6.45, 7) is 4.19. The van der Waals surface area contributed by atoms with Crippen molar-refractivity contribution in [2.75, 3.05) is 0 Å². The van der Waals surface area contributed by atoms with Gasteiger partial charge < -0.3 is 0 Å². The van der Waals surface area contributed by atoms with Gasteiger partial charge in [-0.05, 0) is 30.0 Å². The molecule has 14 heavy (non-hydrogen) atoms. The molecular formula is C12H13BrO. The maximum Gasteiger partial charge on any atom is 0.128 e. The highest BCUT2D eigenvalue weighted by molar-refractivity contribution is 9.10. The van der Waals surface area contributed by atoms with Crippen molar-refractivity contribution in [3.05, 3.63) is 34.3 Å². The molecule has 0 unspecified atom stereocenters. The lowest BCUT2D eigenvalue weighted by molar-refractivity contribution is 0.567. The van der Waals surface area contributed by atoms with Gasteiger partial charge in [-0.1, -0.05) is 41.9 Å². The van der Waals surface area contributed by atoms with Gasteiger partial charge in [0.05, 0.1) is 0 Å². The van der Waals surface area contributed by atoms with Gasteiger partial charge in [0, 0.05) is 10.0 Å². The number of carbonyl (C=O) groups excluding carboxylic acids is 1. The van der Waals surface area contributed by atoms with Crippen LogP contribution in [0.25, 0.3) is 5.57 Å². The molecule has 0 bridgehead atoms. The lowest BCUT2D eigenvalue weighted by Gasteiger charge is -2.06. The molecule has 0 spiro atoms. The zero-order valence-corrected chi connectivity index (χ0v) is 9.97. The Hall–Kier alpha value is -0.850. The molecule has 0 fully saturated rings. The molecule has 0 saturated carbocycles. The molecule has 0 heterocycles. The Kier molecular flexibility index (Phi) is 4.12. The van der Waals surface area contributed by atoms with E-state index in [1.807, 2.05) is 30.2 Å². The van der Waals surface area contributed by atoms with Gasteiger partial charge in [0.25, 0.3) is 0 Å². The minimum absolute atomic E-state index is 0.477. The van der Waals surface area contributed by atoms with Gasteiger partial charge in [-0.25, -0.2) is 4.79 Å². The van der Waals surface area contributed by atoms with Crippen LogP contribution in [0.3, 0.4) is 0 Å². The number of hydrogen-bond donors (Lipinski definition) is 0. The second-order valence-electron chi connectivity index (χ2n) is 3.69. The van der Waals surface area contributed by atoms with Crippen LogP contribution in [-0.4, -0.2) is 5.94 Å². The molecule has 2 heteroatoms. The summed E-state index contributed by atoms with van der Waals surface area (Å²) in [5, 5.41) is 0. The zero-order chi connectivity index (χ0) is 10.6. The van der Waals surface area contributed by atoms with Crippen molar-refractivity contribution < 1.29 is 4.79 Å². The van der Waals surface area contributed by atoms with Crippen LogP contribution in [0.1, 0.15) is 25.8 Å². The molecule has 0 saturated heterocycles. The summed E-state index contributed by atoms with van der Waals surface area (Å²) in [6.07, 6.45) is 0.778. The van der Waals surface area contributed by atoms with E-state index in [9.17, 15) is 4.79 Å². The molecule has 0 radical (unpaired) electrons. The monoisotopic (exact) mass is 252 g/mol. The van der Waals surface area contributed by atoms with Crippen molar-refractivity contribution in [1.29, 1.82) is 0 Å². The number of hydrogen-bond acceptors (Lipinski definition) is 1. The molecule has 1 nitrogen and oxygen atoms in total. The molecule has 0 aromatic heterocycles. The van der Waals surface area contributed by atoms with E-state index in [0.717, 1.165) is 22.0 Å². The first kappa shape index (κ1) is 11.2. The fourth-order valence-corrected chi connectivity index (χ4v) is 1.70. The Balaban J connectivity index is 2.96. The van der Waals surface area contributed by atoms with Crippen molar-refractivity contribution in [3.63, 3.8) is 0 Å². The largest absolute Gasteiger partial charge is 0.233 e. The minimum Gasteiger partial charge on any atom is -0.233 e. The lowest BCUT2D eigenvalue weighted by atomic mass is 9.98. The quantitative estimate of drug-likeness (QED) is 0.750. The molecule has 0 aliphatic rings. The van der Waals surface area contributed by atoms with Gasteiger partial charge in [0.2, 0.25) is 0 Å². The fourth-order valence-electron chi connectivity index (χ4n) is 1.30. The molecule has 1 aromatic carbocycles. The predicted molar refractivity (Wildman–Crippen MR) is 62.7 cm³/mol. The van der Waals surface area contributed by atoms with Crippen LogP contribution in [0.15, 0.2) is 28.7 Å². The lowest BCUT2D eigenvalue weighted by Crippen LogP contribution is -1.92. The summed E-state index contributed by atoms with van der Waals surface area (Å²) in [7, 11) is 0. The van der Waals surface area contributed by atoms with Gasteiger partial charge in [-0.15, -0.1) is 0 Å². The van der Waals surface area contributed by atoms with Crippen molar-refractivity contribution in [1.82, 2.24) is 0 Å². The molecule has 0 aliphatic heterocycles. The Morgan fingerprint density at radius 2 is 2.21 bits per heavy atom. The molecular weight excluding hydrogens is 240 g/mol. The van der Waals surface area contributed by atoms with Crippen molar-refractivity contribution in [2.24, 2.45) is 5.92 Å². The highest BCUT2D eigenvalue weighted by Gasteiger charge is 2.05. The molecule has 1 rings (SSSR count). The summed E-state index contributed by atoms with van der Waals surface area (Å²) >= 11 is 3.38. The Morgan fingerprint density at radius 1 is 1.50 bits per heavy atom. The van der Waals surface area contributed by atoms with E-state index < -0.39 is 0 Å². The number of halogens is 1. The van der Waals surface area contributed by atoms with Crippen molar-refractivity contribution >= 4 is 27.4 Å². The predicted octanol–water partition coefficient (Wildman–Crippen LogP) is 3.71. The smallest absolute Gasteiger partial charge is 0.128 e. The standard InChI is InChI=1S/C12H13BrO/c1-9(2)6-11(8-14)10-4-3-5-12(13)7-10/h3-5,7,9H,6H2,1-2H3. The molecule has 1 aromatic rings. The third-order valence-corrected chi connectivity index (χ3v) is 2.40. The van der Waals surface area contributed by atoms with Crippen LogP contribution in [0.2, 0.25) is 0 Å². The summed E-state index contributed by atoms with van der Waals surface area (Å²) in [5.74, 6) is 2.50. The maximum absolute atomic E-state index is 10.8. The topological polar surface area (TPSA) is 17.1 Å². The van der Waals surface area contributed by atoms with Gasteiger partial charge in [-0.3, -0.25) is 0 Å². The van der Waals surface area contributed by atoms with Gasteiger partial charge in [0.1, 0.15) is 5.94 Å². The first-order valence-corrected chi connectivity index (χ1v) is 5.42. The van der Waals surface area contributed by atoms with Crippen molar-refractivity contribution in [2.45, 2.75) is 20.3 Å². The van der Waals surface area contributed by atoms with Crippen molar-refractivity contribution in [3.8, 4) is 0 Å². The normalized spacial score (nSPS) is 10.0. The third kappa shape index (κ3) is 3.13. The summed E-state index contributed by atoms with van der Waals surface area (Å²) in [4.78, 5) is 10.8. The molecule has 74 valence electrons. The maximum atomic E-state index is 10.8. The van der Waals surface area contributed by atoms with Gasteiger partial charge in [-0.2, -0.15) is 0 Å². The van der Waals surface area contributed by atoms with E-state index in [-0.39, 0.29) is 0 Å². The molecule has 0 amide bonds. The number of rotatable bonds is 3. The zero-order valence-electron chi connectivity index (χ0n) is 8.38. The fraction of sp³-hybridized carbons (Fsp3) is 0.333. The summed E-state index contributed by atoms with van der Waals surface area (Å²) in [6, 6.07) is 7.76. The Bertz CT molecular complexity index is 362. The average Bonchev–Trinajstić information content (AvgIpc) is 2.14. The van der Waals surface area contributed by atoms with E-state index in [1.165, 1.54) is 0 Å². The molecule has 0 N–H and O–H groups in total.